The van der Waals surface area contributed by atoms with Crippen molar-refractivity contribution in [2.24, 2.45) is 13.0 Å². The summed E-state index contributed by atoms with van der Waals surface area (Å²) in [5.41, 5.74) is 1.41. The molecule has 4 nitrogen and oxygen atoms in total. The first-order chi connectivity index (χ1) is 13.3. The number of nitrogens with zero attached hydrogens (tertiary/aromatic N) is 4. The third kappa shape index (κ3) is 6.07. The molecule has 154 valence electrons. The third-order valence-corrected chi connectivity index (χ3v) is 5.35. The number of aryl methyl sites for hydroxylation is 1. The van der Waals surface area contributed by atoms with Crippen molar-refractivity contribution >= 4 is 0 Å². The summed E-state index contributed by atoms with van der Waals surface area (Å²) in [6.07, 6.45) is 2.68. The van der Waals surface area contributed by atoms with Gasteiger partial charge in [0.1, 0.15) is 0 Å². The van der Waals surface area contributed by atoms with Gasteiger partial charge in [0.25, 0.3) is 0 Å². The van der Waals surface area contributed by atoms with Crippen LogP contribution in [0.3, 0.4) is 0 Å². The number of benzene rings is 1. The van der Waals surface area contributed by atoms with Crippen molar-refractivity contribution in [1.29, 1.82) is 0 Å². The Bertz CT molecular complexity index is 756. The molecule has 1 saturated heterocycles. The normalized spacial score (nSPS) is 18.7. The summed E-state index contributed by atoms with van der Waals surface area (Å²) in [6.45, 7) is 4.76. The highest BCUT2D eigenvalue weighted by molar-refractivity contribution is 5.25. The lowest BCUT2D eigenvalue weighted by Gasteiger charge is -2.34. The van der Waals surface area contributed by atoms with E-state index in [9.17, 15) is 13.2 Å². The number of halogens is 3. The number of alkyl halides is 3. The molecule has 1 aliphatic heterocycles. The van der Waals surface area contributed by atoms with Gasteiger partial charge in [0, 0.05) is 45.0 Å². The van der Waals surface area contributed by atoms with Crippen LogP contribution in [0.4, 0.5) is 13.2 Å². The van der Waals surface area contributed by atoms with E-state index >= 15 is 0 Å². The molecule has 0 saturated carbocycles. The van der Waals surface area contributed by atoms with Gasteiger partial charge in [-0.3, -0.25) is 4.68 Å². The van der Waals surface area contributed by atoms with Crippen LogP contribution in [0.5, 0.6) is 0 Å². The zero-order valence-electron chi connectivity index (χ0n) is 16.6. The summed E-state index contributed by atoms with van der Waals surface area (Å²) in [5, 5.41) is 4.21. The summed E-state index contributed by atoms with van der Waals surface area (Å²) in [5.74, 6) is 0.594. The van der Waals surface area contributed by atoms with Gasteiger partial charge in [-0.2, -0.15) is 18.3 Å². The molecule has 1 atom stereocenters. The largest absolute Gasteiger partial charge is 0.416 e. The van der Waals surface area contributed by atoms with E-state index in [1.54, 1.807) is 6.07 Å². The zero-order valence-corrected chi connectivity index (χ0v) is 16.6. The van der Waals surface area contributed by atoms with Crippen LogP contribution >= 0.6 is 0 Å². The lowest BCUT2D eigenvalue weighted by Crippen LogP contribution is -2.40. The van der Waals surface area contributed by atoms with Crippen molar-refractivity contribution < 1.29 is 13.2 Å². The Labute approximate surface area is 164 Å². The van der Waals surface area contributed by atoms with Gasteiger partial charge >= 0.3 is 6.18 Å². The van der Waals surface area contributed by atoms with E-state index in [0.717, 1.165) is 50.8 Å². The minimum absolute atomic E-state index is 0.557. The fourth-order valence-electron chi connectivity index (χ4n) is 4.06. The second-order valence-corrected chi connectivity index (χ2v) is 7.98. The Morgan fingerprint density at radius 3 is 2.79 bits per heavy atom. The molecule has 1 aromatic carbocycles. The van der Waals surface area contributed by atoms with Crippen LogP contribution in [0, 0.1) is 5.92 Å². The van der Waals surface area contributed by atoms with E-state index in [0.29, 0.717) is 12.3 Å². The number of hydrogen-bond acceptors (Lipinski definition) is 3. The molecule has 0 spiro atoms. The van der Waals surface area contributed by atoms with Gasteiger partial charge in [-0.15, -0.1) is 0 Å². The molecule has 0 unspecified atom stereocenters. The first kappa shape index (κ1) is 20.9. The standard InChI is InChI=1S/C21H29F3N4/c1-26(14-19-12-25-27(2)15-19)13-18-6-4-9-28(16-18)10-8-17-5-3-7-20(11-17)21(22,23)24/h3,5,7,11-12,15,18H,4,6,8-10,13-14,16H2,1-2H3/t18-/m0/s1. The first-order valence-corrected chi connectivity index (χ1v) is 9.84. The first-order valence-electron chi connectivity index (χ1n) is 9.84. The maximum absolute atomic E-state index is 12.9. The van der Waals surface area contributed by atoms with E-state index in [-0.39, 0.29) is 0 Å². The molecule has 0 aliphatic carbocycles. The maximum Gasteiger partial charge on any atom is 0.416 e. The number of piperidine rings is 1. The molecule has 28 heavy (non-hydrogen) atoms. The predicted molar refractivity (Wildman–Crippen MR) is 104 cm³/mol. The molecule has 3 rings (SSSR count). The molecule has 0 amide bonds. The highest BCUT2D eigenvalue weighted by Crippen LogP contribution is 2.29. The van der Waals surface area contributed by atoms with Crippen molar-refractivity contribution in [3.8, 4) is 0 Å². The van der Waals surface area contributed by atoms with Crippen LogP contribution in [-0.2, 0) is 26.2 Å². The molecular formula is C21H29F3N4. The molecule has 0 bridgehead atoms. The number of hydrogen-bond donors (Lipinski definition) is 0. The minimum Gasteiger partial charge on any atom is -0.303 e. The average Bonchev–Trinajstić information content (AvgIpc) is 3.04. The van der Waals surface area contributed by atoms with Crippen molar-refractivity contribution in [1.82, 2.24) is 19.6 Å². The highest BCUT2D eigenvalue weighted by Gasteiger charge is 2.30. The van der Waals surface area contributed by atoms with Crippen molar-refractivity contribution in [2.75, 3.05) is 33.2 Å². The second-order valence-electron chi connectivity index (χ2n) is 7.98. The summed E-state index contributed by atoms with van der Waals surface area (Å²) in [4.78, 5) is 4.73. The monoisotopic (exact) mass is 394 g/mol. The van der Waals surface area contributed by atoms with Crippen LogP contribution in [0.1, 0.15) is 29.5 Å². The Morgan fingerprint density at radius 1 is 1.25 bits per heavy atom. The number of aromatic nitrogens is 2. The van der Waals surface area contributed by atoms with Crippen LogP contribution in [0.25, 0.3) is 0 Å². The molecule has 1 aliphatic rings. The lowest BCUT2D eigenvalue weighted by molar-refractivity contribution is -0.137. The van der Waals surface area contributed by atoms with E-state index < -0.39 is 11.7 Å². The molecule has 1 fully saturated rings. The van der Waals surface area contributed by atoms with Crippen LogP contribution < -0.4 is 0 Å². The van der Waals surface area contributed by atoms with E-state index in [2.05, 4.69) is 21.9 Å². The molecule has 2 heterocycles. The van der Waals surface area contributed by atoms with Gasteiger partial charge in [0.05, 0.1) is 11.8 Å². The van der Waals surface area contributed by atoms with E-state index in [1.165, 1.54) is 24.1 Å². The smallest absolute Gasteiger partial charge is 0.303 e. The van der Waals surface area contributed by atoms with Gasteiger partial charge in [-0.25, -0.2) is 0 Å². The Kier molecular flexibility index (Phi) is 6.78. The molecular weight excluding hydrogens is 365 g/mol. The van der Waals surface area contributed by atoms with Gasteiger partial charge < -0.3 is 9.80 Å². The van der Waals surface area contributed by atoms with E-state index in [1.807, 2.05) is 24.1 Å². The van der Waals surface area contributed by atoms with Gasteiger partial charge in [-0.05, 0) is 50.4 Å². The van der Waals surface area contributed by atoms with Crippen LogP contribution in [0.15, 0.2) is 36.7 Å². The predicted octanol–water partition coefficient (Wildman–Crippen LogP) is 3.83. The van der Waals surface area contributed by atoms with Gasteiger partial charge in [-0.1, -0.05) is 18.2 Å². The summed E-state index contributed by atoms with van der Waals surface area (Å²) in [7, 11) is 4.06. The second kappa shape index (κ2) is 9.09. The van der Waals surface area contributed by atoms with Gasteiger partial charge in [0.15, 0.2) is 0 Å². The van der Waals surface area contributed by atoms with Crippen LogP contribution in [0.2, 0.25) is 0 Å². The Balaban J connectivity index is 1.47. The molecule has 0 N–H and O–H groups in total. The Hall–Kier alpha value is -1.86. The van der Waals surface area contributed by atoms with Crippen molar-refractivity contribution in [3.05, 3.63) is 53.3 Å². The average molecular weight is 394 g/mol. The minimum atomic E-state index is -4.27. The molecule has 2 aromatic rings. The molecule has 1 aromatic heterocycles. The Morgan fingerprint density at radius 2 is 2.07 bits per heavy atom. The zero-order chi connectivity index (χ0) is 20.1. The highest BCUT2D eigenvalue weighted by atomic mass is 19.4. The fraction of sp³-hybridized carbons (Fsp3) is 0.571. The third-order valence-electron chi connectivity index (χ3n) is 5.35. The maximum atomic E-state index is 12.9. The number of likely N-dealkylation sites (tertiary alicyclic amines) is 1. The van der Waals surface area contributed by atoms with Gasteiger partial charge in [0.2, 0.25) is 0 Å². The number of rotatable bonds is 7. The molecule has 0 radical (unpaired) electrons. The fourth-order valence-corrected chi connectivity index (χ4v) is 4.06. The summed E-state index contributed by atoms with van der Waals surface area (Å²) < 4.78 is 40.4. The SMILES string of the molecule is CN(Cc1cnn(C)c1)C[C@@H]1CCCN(CCc2cccc(C(F)(F)F)c2)C1. The topological polar surface area (TPSA) is 24.3 Å². The molecule has 7 heteroatoms. The van der Waals surface area contributed by atoms with Crippen molar-refractivity contribution in [2.45, 2.75) is 32.0 Å². The van der Waals surface area contributed by atoms with Crippen molar-refractivity contribution in [3.63, 3.8) is 0 Å². The van der Waals surface area contributed by atoms with Crippen LogP contribution in [-0.4, -0.2) is 52.8 Å². The van der Waals surface area contributed by atoms with E-state index in [4.69, 9.17) is 0 Å². The summed E-state index contributed by atoms with van der Waals surface area (Å²) >= 11 is 0. The summed E-state index contributed by atoms with van der Waals surface area (Å²) in [6, 6.07) is 5.71. The quantitative estimate of drug-likeness (QED) is 0.714. The lowest BCUT2D eigenvalue weighted by atomic mass is 9.97.